The predicted octanol–water partition coefficient (Wildman–Crippen LogP) is 5.92. The fourth-order valence-electron chi connectivity index (χ4n) is 3.13. The van der Waals surface area contributed by atoms with Crippen molar-refractivity contribution in [2.24, 2.45) is 0 Å². The summed E-state index contributed by atoms with van der Waals surface area (Å²) in [4.78, 5) is 0. The van der Waals surface area contributed by atoms with E-state index in [0.29, 0.717) is 25.7 Å². The molecule has 0 atom stereocenters. The van der Waals surface area contributed by atoms with Crippen molar-refractivity contribution in [3.8, 4) is 24.3 Å². The third kappa shape index (κ3) is 8.82. The molecule has 4 nitrogen and oxygen atoms in total. The summed E-state index contributed by atoms with van der Waals surface area (Å²) in [5.41, 5.74) is 5.22. The molecule has 0 saturated heterocycles. The van der Waals surface area contributed by atoms with Gasteiger partial charge >= 0.3 is 0 Å². The molecule has 1 rings (SSSR count). The number of hydrogen-bond donors (Lipinski definition) is 0. The van der Waals surface area contributed by atoms with E-state index in [1.54, 1.807) is 0 Å². The van der Waals surface area contributed by atoms with Crippen molar-refractivity contribution >= 4 is 15.8 Å². The molecule has 0 aliphatic rings. The van der Waals surface area contributed by atoms with E-state index < -0.39 is 0 Å². The van der Waals surface area contributed by atoms with Crippen LogP contribution in [0.15, 0.2) is 12.1 Å². The lowest BCUT2D eigenvalue weighted by Gasteiger charge is -2.21. The van der Waals surface area contributed by atoms with Gasteiger partial charge in [0, 0.05) is 25.7 Å². The summed E-state index contributed by atoms with van der Waals surface area (Å²) in [6.45, 7) is 4.29. The minimum absolute atomic E-state index is 0.333. The Bertz CT molecular complexity index is 689. The summed E-state index contributed by atoms with van der Waals surface area (Å²) in [5.74, 6) is 0. The van der Waals surface area contributed by atoms with Gasteiger partial charge in [-0.2, -0.15) is 21.0 Å². The van der Waals surface area contributed by atoms with Gasteiger partial charge in [0.2, 0.25) is 0 Å². The Morgan fingerprint density at radius 2 is 0.893 bits per heavy atom. The number of aryl methyl sites for hydroxylation is 2. The third-order valence-electron chi connectivity index (χ3n) is 4.74. The van der Waals surface area contributed by atoms with Gasteiger partial charge in [0.05, 0.1) is 24.3 Å². The Morgan fingerprint density at radius 1 is 0.607 bits per heavy atom. The summed E-state index contributed by atoms with van der Waals surface area (Å²) in [6.07, 6.45) is 7.83. The van der Waals surface area contributed by atoms with E-state index in [1.807, 2.05) is 0 Å². The Labute approximate surface area is 172 Å². The van der Waals surface area contributed by atoms with Crippen molar-refractivity contribution in [2.75, 3.05) is 24.6 Å². The summed E-state index contributed by atoms with van der Waals surface area (Å²) >= 11 is 0. The maximum absolute atomic E-state index is 8.91. The van der Waals surface area contributed by atoms with Gasteiger partial charge in [-0.05, 0) is 73.1 Å². The summed E-state index contributed by atoms with van der Waals surface area (Å²) < 4.78 is 0. The second-order valence-electron chi connectivity index (χ2n) is 6.89. The van der Waals surface area contributed by atoms with Crippen LogP contribution in [0.1, 0.15) is 47.9 Å². The van der Waals surface area contributed by atoms with Gasteiger partial charge in [-0.3, -0.25) is 0 Å². The van der Waals surface area contributed by atoms with E-state index in [1.165, 1.54) is 22.3 Å². The van der Waals surface area contributed by atoms with Crippen LogP contribution in [-0.4, -0.2) is 24.6 Å². The van der Waals surface area contributed by atoms with Gasteiger partial charge in [-0.25, -0.2) is 0 Å². The molecule has 0 amide bonds. The molecular weight excluding hydrogens is 382 g/mol. The Kier molecular flexibility index (Phi) is 12.1. The smallest absolute Gasteiger partial charge is 0.0625 e. The molecular formula is C22H28N4P2. The molecule has 0 unspecified atom stereocenters. The Balaban J connectivity index is 2.92. The third-order valence-corrected chi connectivity index (χ3v) is 9.74. The highest BCUT2D eigenvalue weighted by atomic mass is 31.1. The summed E-state index contributed by atoms with van der Waals surface area (Å²) in [7, 11) is -0.666. The van der Waals surface area contributed by atoms with E-state index in [-0.39, 0.29) is 15.8 Å². The quantitative estimate of drug-likeness (QED) is 0.399. The van der Waals surface area contributed by atoms with Crippen LogP contribution in [-0.2, 0) is 12.3 Å². The molecule has 0 radical (unpaired) electrons. The molecule has 0 aromatic heterocycles. The first-order chi connectivity index (χ1) is 13.5. The molecule has 1 aromatic carbocycles. The maximum atomic E-state index is 8.91. The van der Waals surface area contributed by atoms with Crippen molar-refractivity contribution in [1.29, 1.82) is 21.0 Å². The average molecular weight is 410 g/mol. The monoisotopic (exact) mass is 410 g/mol. The van der Waals surface area contributed by atoms with Crippen LogP contribution < -0.4 is 0 Å². The van der Waals surface area contributed by atoms with E-state index in [9.17, 15) is 0 Å². The molecule has 0 spiro atoms. The SMILES string of the molecule is Cc1cc(CP(CCC#N)CCC#N)c(C)cc1CP(CCC#N)CCC#N. The van der Waals surface area contributed by atoms with E-state index in [4.69, 9.17) is 21.0 Å². The summed E-state index contributed by atoms with van der Waals surface area (Å²) in [6, 6.07) is 13.5. The average Bonchev–Trinajstić information content (AvgIpc) is 2.69. The van der Waals surface area contributed by atoms with Crippen LogP contribution >= 0.6 is 15.8 Å². The lowest BCUT2D eigenvalue weighted by Crippen LogP contribution is -2.01. The number of rotatable bonds is 12. The van der Waals surface area contributed by atoms with Gasteiger partial charge < -0.3 is 0 Å². The second kappa shape index (κ2) is 14.1. The van der Waals surface area contributed by atoms with Crippen molar-refractivity contribution < 1.29 is 0 Å². The molecule has 0 saturated carbocycles. The standard InChI is InChI=1S/C22H28N4P2/c1-19-15-22(18-28(13-5-9-25)14-6-10-26)20(2)16-21(19)17-27(11-3-7-23)12-4-8-24/h15-16H,3-6,11-14,17-18H2,1-2H3. The molecule has 0 aliphatic carbocycles. The van der Waals surface area contributed by atoms with E-state index in [2.05, 4.69) is 50.3 Å². The van der Waals surface area contributed by atoms with E-state index in [0.717, 1.165) is 37.0 Å². The molecule has 0 fully saturated rings. The molecule has 0 N–H and O–H groups in total. The Hall–Kier alpha value is -1.96. The molecule has 0 aliphatic heterocycles. The highest BCUT2D eigenvalue weighted by Crippen LogP contribution is 2.44. The van der Waals surface area contributed by atoms with E-state index >= 15 is 0 Å². The minimum Gasteiger partial charge on any atom is -0.198 e. The first kappa shape index (κ1) is 24.1. The van der Waals surface area contributed by atoms with Crippen LogP contribution in [0, 0.1) is 59.2 Å². The number of benzene rings is 1. The van der Waals surface area contributed by atoms with Crippen LogP contribution in [0.4, 0.5) is 0 Å². The lowest BCUT2D eigenvalue weighted by molar-refractivity contribution is 1.13. The number of nitrogens with zero attached hydrogens (tertiary/aromatic N) is 4. The maximum Gasteiger partial charge on any atom is 0.0625 e. The van der Waals surface area contributed by atoms with Crippen LogP contribution in [0.3, 0.4) is 0 Å². The minimum atomic E-state index is -0.333. The molecule has 146 valence electrons. The van der Waals surface area contributed by atoms with Crippen LogP contribution in [0.25, 0.3) is 0 Å². The van der Waals surface area contributed by atoms with Gasteiger partial charge in [0.1, 0.15) is 0 Å². The highest BCUT2D eigenvalue weighted by Gasteiger charge is 2.15. The van der Waals surface area contributed by atoms with Crippen molar-refractivity contribution in [3.63, 3.8) is 0 Å². The molecule has 28 heavy (non-hydrogen) atoms. The lowest BCUT2D eigenvalue weighted by atomic mass is 10.0. The van der Waals surface area contributed by atoms with Crippen LogP contribution in [0.5, 0.6) is 0 Å². The first-order valence-electron chi connectivity index (χ1n) is 9.57. The molecule has 6 heteroatoms. The van der Waals surface area contributed by atoms with Gasteiger partial charge in [0.25, 0.3) is 0 Å². The van der Waals surface area contributed by atoms with Crippen molar-refractivity contribution in [3.05, 3.63) is 34.4 Å². The van der Waals surface area contributed by atoms with Gasteiger partial charge in [-0.1, -0.05) is 12.1 Å². The van der Waals surface area contributed by atoms with Crippen LogP contribution in [0.2, 0.25) is 0 Å². The van der Waals surface area contributed by atoms with Gasteiger partial charge in [0.15, 0.2) is 0 Å². The number of hydrogen-bond acceptors (Lipinski definition) is 4. The zero-order valence-electron chi connectivity index (χ0n) is 16.9. The van der Waals surface area contributed by atoms with Crippen molar-refractivity contribution in [1.82, 2.24) is 0 Å². The fourth-order valence-corrected chi connectivity index (χ4v) is 7.52. The molecule has 0 heterocycles. The zero-order valence-corrected chi connectivity index (χ0v) is 18.7. The highest BCUT2D eigenvalue weighted by molar-refractivity contribution is 7.57. The first-order valence-corrected chi connectivity index (χ1v) is 13.4. The summed E-state index contributed by atoms with van der Waals surface area (Å²) in [5, 5.41) is 35.6. The largest absolute Gasteiger partial charge is 0.198 e. The molecule has 0 bridgehead atoms. The zero-order chi connectivity index (χ0) is 20.8. The Morgan fingerprint density at radius 3 is 1.14 bits per heavy atom. The predicted molar refractivity (Wildman–Crippen MR) is 118 cm³/mol. The number of nitriles is 4. The topological polar surface area (TPSA) is 95.2 Å². The van der Waals surface area contributed by atoms with Gasteiger partial charge in [-0.15, -0.1) is 15.8 Å². The second-order valence-corrected chi connectivity index (χ2v) is 12.0. The normalized spacial score (nSPS) is 10.3. The molecule has 1 aromatic rings. The fraction of sp³-hybridized carbons (Fsp3) is 0.545. The van der Waals surface area contributed by atoms with Crippen molar-refractivity contribution in [2.45, 2.75) is 51.9 Å².